The zero-order chi connectivity index (χ0) is 14.9. The van der Waals surface area contributed by atoms with E-state index in [4.69, 9.17) is 0 Å². The molecule has 22 heavy (non-hydrogen) atoms. The Balaban J connectivity index is 2.04. The van der Waals surface area contributed by atoms with Gasteiger partial charge in [0.05, 0.1) is 0 Å². The number of aromatic nitrogens is 4. The van der Waals surface area contributed by atoms with Crippen LogP contribution in [0.4, 0.5) is 4.39 Å². The summed E-state index contributed by atoms with van der Waals surface area (Å²) in [4.78, 5) is 13.2. The Hall–Kier alpha value is -3.08. The molecule has 0 fully saturated rings. The van der Waals surface area contributed by atoms with Crippen LogP contribution >= 0.6 is 0 Å². The molecule has 4 nitrogen and oxygen atoms in total. The second-order valence-electron chi connectivity index (χ2n) is 4.84. The number of halogens is 1. The van der Waals surface area contributed by atoms with Crippen LogP contribution in [0.15, 0.2) is 67.1 Å². The number of fused-ring (bicyclic) bond motifs is 1. The molecule has 0 bridgehead atoms. The molecule has 0 saturated heterocycles. The van der Waals surface area contributed by atoms with Gasteiger partial charge in [0.2, 0.25) is 0 Å². The number of pyridine rings is 2. The van der Waals surface area contributed by atoms with E-state index in [2.05, 4.69) is 15.0 Å². The smallest absolute Gasteiger partial charge is 0.164 e. The Labute approximate surface area is 125 Å². The lowest BCUT2D eigenvalue weighted by Gasteiger charge is -2.08. The maximum atomic E-state index is 13.2. The molecule has 0 atom stereocenters. The zero-order valence-electron chi connectivity index (χ0n) is 11.5. The number of rotatable bonds is 2. The standard InChI is InChI=1S/C17H11FN4/c18-13-5-7-14(8-6-13)22-16(12-3-1-9-19-11-12)21-15-4-2-10-20-17(15)22/h1-11H. The second kappa shape index (κ2) is 5.04. The lowest BCUT2D eigenvalue weighted by molar-refractivity contribution is 0.627. The van der Waals surface area contributed by atoms with Crippen molar-refractivity contribution in [3.05, 3.63) is 72.9 Å². The molecule has 0 aliphatic rings. The summed E-state index contributed by atoms with van der Waals surface area (Å²) in [5.74, 6) is 0.456. The van der Waals surface area contributed by atoms with Crippen LogP contribution < -0.4 is 0 Å². The van der Waals surface area contributed by atoms with Gasteiger partial charge < -0.3 is 0 Å². The van der Waals surface area contributed by atoms with E-state index in [1.54, 1.807) is 30.7 Å². The van der Waals surface area contributed by atoms with E-state index in [0.717, 1.165) is 28.2 Å². The van der Waals surface area contributed by atoms with Crippen LogP contribution in [-0.2, 0) is 0 Å². The van der Waals surface area contributed by atoms with Crippen molar-refractivity contribution < 1.29 is 4.39 Å². The molecule has 106 valence electrons. The average molecular weight is 290 g/mol. The molecule has 0 spiro atoms. The molecule has 0 radical (unpaired) electrons. The minimum atomic E-state index is -0.274. The molecule has 3 heterocycles. The number of hydrogen-bond donors (Lipinski definition) is 0. The van der Waals surface area contributed by atoms with Gasteiger partial charge >= 0.3 is 0 Å². The Kier molecular flexibility index (Phi) is 2.89. The summed E-state index contributed by atoms with van der Waals surface area (Å²) in [6.45, 7) is 0. The van der Waals surface area contributed by atoms with Gasteiger partial charge in [0.25, 0.3) is 0 Å². The summed E-state index contributed by atoms with van der Waals surface area (Å²) in [7, 11) is 0. The molecule has 0 aliphatic carbocycles. The lowest BCUT2D eigenvalue weighted by Crippen LogP contribution is -1.98. The normalized spacial score (nSPS) is 11.0. The van der Waals surface area contributed by atoms with Crippen LogP contribution in [0.25, 0.3) is 28.2 Å². The van der Waals surface area contributed by atoms with Crippen LogP contribution in [0.3, 0.4) is 0 Å². The van der Waals surface area contributed by atoms with E-state index in [1.165, 1.54) is 12.1 Å². The highest BCUT2D eigenvalue weighted by Crippen LogP contribution is 2.26. The predicted molar refractivity (Wildman–Crippen MR) is 82.1 cm³/mol. The number of imidazole rings is 1. The molecular weight excluding hydrogens is 279 g/mol. The van der Waals surface area contributed by atoms with Crippen molar-refractivity contribution in [1.82, 2.24) is 19.5 Å². The predicted octanol–water partition coefficient (Wildman–Crippen LogP) is 3.62. The van der Waals surface area contributed by atoms with Crippen molar-refractivity contribution in [2.45, 2.75) is 0 Å². The van der Waals surface area contributed by atoms with E-state index >= 15 is 0 Å². The highest BCUT2D eigenvalue weighted by molar-refractivity contribution is 5.79. The molecule has 0 N–H and O–H groups in total. The fourth-order valence-electron chi connectivity index (χ4n) is 2.44. The number of benzene rings is 1. The SMILES string of the molecule is Fc1ccc(-n2c(-c3cccnc3)nc3cccnc32)cc1. The van der Waals surface area contributed by atoms with Gasteiger partial charge in [0.15, 0.2) is 5.65 Å². The number of nitrogens with zero attached hydrogens (tertiary/aromatic N) is 4. The topological polar surface area (TPSA) is 43.6 Å². The van der Waals surface area contributed by atoms with E-state index in [9.17, 15) is 4.39 Å². The molecule has 0 aliphatic heterocycles. The third kappa shape index (κ3) is 2.03. The van der Waals surface area contributed by atoms with Gasteiger partial charge in [-0.25, -0.2) is 14.4 Å². The van der Waals surface area contributed by atoms with Crippen LogP contribution in [0.1, 0.15) is 0 Å². The van der Waals surface area contributed by atoms with Gasteiger partial charge in [0, 0.05) is 29.8 Å². The van der Waals surface area contributed by atoms with E-state index < -0.39 is 0 Å². The third-order valence-electron chi connectivity index (χ3n) is 3.42. The first-order valence-electron chi connectivity index (χ1n) is 6.83. The first-order valence-corrected chi connectivity index (χ1v) is 6.83. The van der Waals surface area contributed by atoms with Gasteiger partial charge in [-0.2, -0.15) is 0 Å². The largest absolute Gasteiger partial charge is 0.277 e. The van der Waals surface area contributed by atoms with E-state index in [0.29, 0.717) is 0 Å². The van der Waals surface area contributed by atoms with Crippen molar-refractivity contribution in [1.29, 1.82) is 0 Å². The summed E-state index contributed by atoms with van der Waals surface area (Å²) < 4.78 is 15.1. The van der Waals surface area contributed by atoms with Crippen molar-refractivity contribution in [2.75, 3.05) is 0 Å². The molecular formula is C17H11FN4. The molecule has 5 heteroatoms. The van der Waals surface area contributed by atoms with Gasteiger partial charge in [-0.05, 0) is 48.5 Å². The minimum absolute atomic E-state index is 0.274. The van der Waals surface area contributed by atoms with Crippen molar-refractivity contribution in [3.8, 4) is 17.1 Å². The first kappa shape index (κ1) is 12.6. The van der Waals surface area contributed by atoms with Gasteiger partial charge in [-0.15, -0.1) is 0 Å². The summed E-state index contributed by atoms with van der Waals surface area (Å²) in [5, 5.41) is 0. The van der Waals surface area contributed by atoms with Crippen molar-refractivity contribution >= 4 is 11.2 Å². The highest BCUT2D eigenvalue weighted by Gasteiger charge is 2.15. The zero-order valence-corrected chi connectivity index (χ0v) is 11.5. The Bertz CT molecular complexity index is 930. The Morgan fingerprint density at radius 2 is 1.73 bits per heavy atom. The van der Waals surface area contributed by atoms with E-state index in [1.807, 2.05) is 28.8 Å². The van der Waals surface area contributed by atoms with Gasteiger partial charge in [-0.1, -0.05) is 0 Å². The quantitative estimate of drug-likeness (QED) is 0.566. The van der Waals surface area contributed by atoms with E-state index in [-0.39, 0.29) is 5.82 Å². The molecule has 4 rings (SSSR count). The maximum Gasteiger partial charge on any atom is 0.164 e. The molecule has 4 aromatic rings. The molecule has 3 aromatic heterocycles. The monoisotopic (exact) mass is 290 g/mol. The van der Waals surface area contributed by atoms with Crippen molar-refractivity contribution in [3.63, 3.8) is 0 Å². The fraction of sp³-hybridized carbons (Fsp3) is 0. The maximum absolute atomic E-state index is 13.2. The molecule has 0 amide bonds. The Morgan fingerprint density at radius 3 is 2.50 bits per heavy atom. The van der Waals surface area contributed by atoms with Gasteiger partial charge in [-0.3, -0.25) is 9.55 Å². The summed E-state index contributed by atoms with van der Waals surface area (Å²) in [6.07, 6.45) is 5.19. The van der Waals surface area contributed by atoms with Crippen LogP contribution in [0.5, 0.6) is 0 Å². The fourth-order valence-corrected chi connectivity index (χ4v) is 2.44. The Morgan fingerprint density at radius 1 is 0.909 bits per heavy atom. The average Bonchev–Trinajstić information content (AvgIpc) is 2.96. The minimum Gasteiger partial charge on any atom is -0.277 e. The van der Waals surface area contributed by atoms with Gasteiger partial charge in [0.1, 0.15) is 17.2 Å². The van der Waals surface area contributed by atoms with Crippen LogP contribution in [-0.4, -0.2) is 19.5 Å². The summed E-state index contributed by atoms with van der Waals surface area (Å²) in [5.41, 5.74) is 3.20. The van der Waals surface area contributed by atoms with Crippen LogP contribution in [0, 0.1) is 5.82 Å². The first-order chi connectivity index (χ1) is 10.8. The highest BCUT2D eigenvalue weighted by atomic mass is 19.1. The molecule has 1 aromatic carbocycles. The summed E-state index contributed by atoms with van der Waals surface area (Å²) in [6, 6.07) is 13.8. The van der Waals surface area contributed by atoms with Crippen LogP contribution in [0.2, 0.25) is 0 Å². The number of hydrogen-bond acceptors (Lipinski definition) is 3. The molecule has 0 unspecified atom stereocenters. The molecule has 0 saturated carbocycles. The summed E-state index contributed by atoms with van der Waals surface area (Å²) >= 11 is 0. The third-order valence-corrected chi connectivity index (χ3v) is 3.42. The van der Waals surface area contributed by atoms with Crippen molar-refractivity contribution in [2.24, 2.45) is 0 Å². The lowest BCUT2D eigenvalue weighted by atomic mass is 10.2. The second-order valence-corrected chi connectivity index (χ2v) is 4.84.